The Balaban J connectivity index is 1.97. The van der Waals surface area contributed by atoms with E-state index in [0.717, 1.165) is 11.3 Å². The summed E-state index contributed by atoms with van der Waals surface area (Å²) < 4.78 is 1.61. The van der Waals surface area contributed by atoms with Crippen LogP contribution in [0, 0.1) is 0 Å². The molecule has 0 saturated carbocycles. The summed E-state index contributed by atoms with van der Waals surface area (Å²) in [6.45, 7) is 0. The number of nitrogens with zero attached hydrogens (tertiary/aromatic N) is 3. The summed E-state index contributed by atoms with van der Waals surface area (Å²) in [5, 5.41) is 26.8. The first-order valence-corrected chi connectivity index (χ1v) is 5.73. The number of hydrogen-bond donors (Lipinski definition) is 2. The van der Waals surface area contributed by atoms with Crippen LogP contribution in [0.5, 0.6) is 11.5 Å². The Labute approximate surface area is 109 Å². The molecule has 3 aromatic rings. The van der Waals surface area contributed by atoms with Crippen molar-refractivity contribution in [2.75, 3.05) is 0 Å². The number of aromatic hydroxyl groups is 2. The van der Waals surface area contributed by atoms with Gasteiger partial charge in [0.05, 0.1) is 11.9 Å². The Morgan fingerprint density at radius 2 is 1.68 bits per heavy atom. The van der Waals surface area contributed by atoms with Crippen LogP contribution in [0.4, 0.5) is 0 Å². The lowest BCUT2D eigenvalue weighted by molar-refractivity contribution is 0.474. The highest BCUT2D eigenvalue weighted by molar-refractivity contribution is 5.60. The Bertz CT molecular complexity index is 705. The van der Waals surface area contributed by atoms with Crippen molar-refractivity contribution < 1.29 is 10.2 Å². The third-order valence-electron chi connectivity index (χ3n) is 2.75. The molecule has 2 aromatic carbocycles. The predicted octanol–water partition coefficient (Wildman–Crippen LogP) is 2.35. The fraction of sp³-hybridized carbons (Fsp3) is 0. The van der Waals surface area contributed by atoms with Gasteiger partial charge in [-0.05, 0) is 36.4 Å². The number of aromatic nitrogens is 3. The van der Waals surface area contributed by atoms with Crippen molar-refractivity contribution in [1.29, 1.82) is 0 Å². The molecule has 0 atom stereocenters. The van der Waals surface area contributed by atoms with Crippen LogP contribution >= 0.6 is 0 Å². The predicted molar refractivity (Wildman–Crippen MR) is 70.1 cm³/mol. The maximum atomic E-state index is 9.45. The van der Waals surface area contributed by atoms with Gasteiger partial charge in [-0.3, -0.25) is 0 Å². The van der Waals surface area contributed by atoms with E-state index in [9.17, 15) is 10.2 Å². The van der Waals surface area contributed by atoms with E-state index in [2.05, 4.69) is 10.3 Å². The normalized spacial score (nSPS) is 10.5. The molecule has 0 aliphatic heterocycles. The van der Waals surface area contributed by atoms with E-state index < -0.39 is 0 Å². The second kappa shape index (κ2) is 4.45. The van der Waals surface area contributed by atoms with Crippen molar-refractivity contribution in [3.05, 3.63) is 54.7 Å². The fourth-order valence-electron chi connectivity index (χ4n) is 1.79. The van der Waals surface area contributed by atoms with Gasteiger partial charge in [0.25, 0.3) is 0 Å². The second-order valence-electron chi connectivity index (χ2n) is 4.12. The minimum absolute atomic E-state index is 0.191. The van der Waals surface area contributed by atoms with Crippen molar-refractivity contribution in [2.45, 2.75) is 0 Å². The number of phenolic OH excluding ortho intramolecular Hbond substituents is 2. The molecule has 0 fully saturated rings. The molecule has 1 aromatic heterocycles. The standard InChI is InChI=1S/C14H11N3O2/c18-12-6-4-11(5-7-12)17-9-14(15-16-17)10-2-1-3-13(19)8-10/h1-9,18-19H. The zero-order valence-corrected chi connectivity index (χ0v) is 9.93. The Hall–Kier alpha value is -2.82. The summed E-state index contributed by atoms with van der Waals surface area (Å²) in [7, 11) is 0. The highest BCUT2D eigenvalue weighted by Gasteiger charge is 2.05. The molecule has 3 rings (SSSR count). The maximum Gasteiger partial charge on any atom is 0.116 e. The molecule has 0 saturated heterocycles. The molecule has 0 spiro atoms. The molecular formula is C14H11N3O2. The fourth-order valence-corrected chi connectivity index (χ4v) is 1.79. The lowest BCUT2D eigenvalue weighted by Gasteiger charge is -1.99. The highest BCUT2D eigenvalue weighted by atomic mass is 16.3. The first kappa shape index (κ1) is 11.3. The number of hydrogen-bond acceptors (Lipinski definition) is 4. The quantitative estimate of drug-likeness (QED) is 0.735. The zero-order chi connectivity index (χ0) is 13.2. The van der Waals surface area contributed by atoms with Gasteiger partial charge in [-0.1, -0.05) is 17.3 Å². The molecule has 0 radical (unpaired) electrons. The van der Waals surface area contributed by atoms with Gasteiger partial charge in [0.1, 0.15) is 17.2 Å². The first-order chi connectivity index (χ1) is 9.22. The summed E-state index contributed by atoms with van der Waals surface area (Å²) in [6.07, 6.45) is 1.77. The molecule has 94 valence electrons. The lowest BCUT2D eigenvalue weighted by atomic mass is 10.1. The third kappa shape index (κ3) is 2.26. The van der Waals surface area contributed by atoms with Crippen LogP contribution in [0.2, 0.25) is 0 Å². The van der Waals surface area contributed by atoms with Crippen LogP contribution in [0.15, 0.2) is 54.7 Å². The number of rotatable bonds is 2. The smallest absolute Gasteiger partial charge is 0.116 e. The molecule has 1 heterocycles. The van der Waals surface area contributed by atoms with Crippen LogP contribution in [0.25, 0.3) is 16.9 Å². The van der Waals surface area contributed by atoms with Gasteiger partial charge in [0.15, 0.2) is 0 Å². The molecule has 0 bridgehead atoms. The summed E-state index contributed by atoms with van der Waals surface area (Å²) in [5.74, 6) is 0.397. The van der Waals surface area contributed by atoms with Gasteiger partial charge < -0.3 is 10.2 Å². The van der Waals surface area contributed by atoms with Crippen molar-refractivity contribution in [2.24, 2.45) is 0 Å². The van der Waals surface area contributed by atoms with E-state index in [1.54, 1.807) is 53.3 Å². The molecular weight excluding hydrogens is 242 g/mol. The number of phenols is 2. The molecule has 5 heteroatoms. The average molecular weight is 253 g/mol. The van der Waals surface area contributed by atoms with Gasteiger partial charge in [0.2, 0.25) is 0 Å². The summed E-state index contributed by atoms with van der Waals surface area (Å²) >= 11 is 0. The Morgan fingerprint density at radius 1 is 0.895 bits per heavy atom. The van der Waals surface area contributed by atoms with Crippen molar-refractivity contribution in [1.82, 2.24) is 15.0 Å². The van der Waals surface area contributed by atoms with Gasteiger partial charge >= 0.3 is 0 Å². The first-order valence-electron chi connectivity index (χ1n) is 5.73. The summed E-state index contributed by atoms with van der Waals surface area (Å²) in [6, 6.07) is 13.5. The van der Waals surface area contributed by atoms with E-state index in [1.807, 2.05) is 6.07 Å². The largest absolute Gasteiger partial charge is 0.508 e. The second-order valence-corrected chi connectivity index (χ2v) is 4.12. The zero-order valence-electron chi connectivity index (χ0n) is 9.93. The minimum Gasteiger partial charge on any atom is -0.508 e. The summed E-state index contributed by atoms with van der Waals surface area (Å²) in [5.41, 5.74) is 2.27. The van der Waals surface area contributed by atoms with E-state index in [4.69, 9.17) is 0 Å². The Kier molecular flexibility index (Phi) is 2.64. The summed E-state index contributed by atoms with van der Waals surface area (Å²) in [4.78, 5) is 0. The van der Waals surface area contributed by atoms with Crippen LogP contribution in [0.3, 0.4) is 0 Å². The number of benzene rings is 2. The minimum atomic E-state index is 0.191. The molecule has 2 N–H and O–H groups in total. The van der Waals surface area contributed by atoms with Crippen molar-refractivity contribution >= 4 is 0 Å². The van der Waals surface area contributed by atoms with Gasteiger partial charge in [0, 0.05) is 5.56 Å². The van der Waals surface area contributed by atoms with Crippen LogP contribution in [0.1, 0.15) is 0 Å². The molecule has 19 heavy (non-hydrogen) atoms. The van der Waals surface area contributed by atoms with E-state index >= 15 is 0 Å². The SMILES string of the molecule is Oc1ccc(-n2cc(-c3cccc(O)c3)nn2)cc1. The van der Waals surface area contributed by atoms with E-state index in [0.29, 0.717) is 5.69 Å². The monoisotopic (exact) mass is 253 g/mol. The molecule has 5 nitrogen and oxygen atoms in total. The molecule has 0 aliphatic rings. The molecule has 0 aliphatic carbocycles. The third-order valence-corrected chi connectivity index (χ3v) is 2.75. The van der Waals surface area contributed by atoms with Crippen molar-refractivity contribution in [3.8, 4) is 28.4 Å². The molecule has 0 unspecified atom stereocenters. The van der Waals surface area contributed by atoms with Gasteiger partial charge in [-0.2, -0.15) is 0 Å². The van der Waals surface area contributed by atoms with Gasteiger partial charge in [-0.25, -0.2) is 4.68 Å². The van der Waals surface area contributed by atoms with Crippen molar-refractivity contribution in [3.63, 3.8) is 0 Å². The lowest BCUT2D eigenvalue weighted by Crippen LogP contribution is -1.93. The van der Waals surface area contributed by atoms with Crippen LogP contribution in [-0.4, -0.2) is 25.2 Å². The van der Waals surface area contributed by atoms with E-state index in [1.165, 1.54) is 0 Å². The van der Waals surface area contributed by atoms with Gasteiger partial charge in [-0.15, -0.1) is 5.10 Å². The topological polar surface area (TPSA) is 71.2 Å². The van der Waals surface area contributed by atoms with E-state index in [-0.39, 0.29) is 11.5 Å². The highest BCUT2D eigenvalue weighted by Crippen LogP contribution is 2.22. The van der Waals surface area contributed by atoms with Crippen LogP contribution in [-0.2, 0) is 0 Å². The molecule has 0 amide bonds. The Morgan fingerprint density at radius 3 is 2.42 bits per heavy atom. The maximum absolute atomic E-state index is 9.45. The average Bonchev–Trinajstić information content (AvgIpc) is 2.89. The van der Waals surface area contributed by atoms with Crippen LogP contribution < -0.4 is 0 Å².